The van der Waals surface area contributed by atoms with Crippen LogP contribution in [0.5, 0.6) is 0 Å². The summed E-state index contributed by atoms with van der Waals surface area (Å²) >= 11 is 0. The molecule has 3 aliphatic rings. The molecule has 2 aromatic carbocycles. The molecule has 0 radical (unpaired) electrons. The smallest absolute Gasteiger partial charge is 0.251 e. The van der Waals surface area contributed by atoms with Crippen LogP contribution in [0.15, 0.2) is 143 Å². The van der Waals surface area contributed by atoms with E-state index in [1.54, 1.807) is 18.5 Å². The van der Waals surface area contributed by atoms with Crippen LogP contribution in [0.25, 0.3) is 27.5 Å². The quantitative estimate of drug-likeness (QED) is 0.149. The van der Waals surface area contributed by atoms with E-state index < -0.39 is 0 Å². The van der Waals surface area contributed by atoms with Crippen LogP contribution in [-0.2, 0) is 17.9 Å². The molecule has 1 aliphatic carbocycles. The van der Waals surface area contributed by atoms with Gasteiger partial charge >= 0.3 is 0 Å². The summed E-state index contributed by atoms with van der Waals surface area (Å²) < 4.78 is 9.39. The molecule has 0 N–H and O–H groups in total. The Bertz CT molecular complexity index is 2950. The largest absolute Gasteiger partial charge is 0.459 e. The van der Waals surface area contributed by atoms with Crippen molar-refractivity contribution >= 4 is 33.4 Å². The summed E-state index contributed by atoms with van der Waals surface area (Å²) in [5.74, 6) is 3.96. The maximum Gasteiger partial charge on any atom is 0.251 e. The van der Waals surface area contributed by atoms with Gasteiger partial charge in [0.05, 0.1) is 28.8 Å². The number of likely N-dealkylation sites (tertiary alicyclic amines) is 1. The van der Waals surface area contributed by atoms with Crippen molar-refractivity contribution in [2.75, 3.05) is 6.54 Å². The predicted molar refractivity (Wildman–Crippen MR) is 291 cm³/mol. The summed E-state index contributed by atoms with van der Waals surface area (Å²) in [5, 5.41) is 5.27. The molecule has 0 unspecified atom stereocenters. The molecule has 8 heterocycles. The van der Waals surface area contributed by atoms with Gasteiger partial charge in [-0.25, -0.2) is 4.52 Å². The fraction of sp³-hybridized carbons (Fsp3) is 0.426. The number of piperidine rings is 1. The number of carbonyl (C=O) groups excluding carboxylic acids is 1. The zero-order valence-electron chi connectivity index (χ0n) is 44.1. The number of benzene rings is 2. The van der Waals surface area contributed by atoms with Crippen LogP contribution in [0.1, 0.15) is 165 Å². The number of pyridine rings is 4. The minimum atomic E-state index is 0.106. The average Bonchev–Trinajstić information content (AvgIpc) is 3.70. The van der Waals surface area contributed by atoms with E-state index in [9.17, 15) is 9.59 Å². The SMILES string of the molecule is CC(C)N1Cc2ccccc2C1.CC(C)c1cc2ccncc2o1.CC(C)c1ccn2nccc2c1.CC(C)c1ccnc2ccc(=O)n(C3CC3)c12.CCN1C(=O)CC[C@@H](C(C)C)[C@@H]1c1ccccc1. The van der Waals surface area contributed by atoms with Crippen molar-refractivity contribution in [3.8, 4) is 0 Å². The molecule has 10 nitrogen and oxygen atoms in total. The Labute approximate surface area is 422 Å². The number of carbonyl (C=O) groups is 1. The van der Waals surface area contributed by atoms with E-state index in [2.05, 4.69) is 168 Å². The first-order valence-corrected chi connectivity index (χ1v) is 26.1. The molecule has 2 atom stereocenters. The maximum absolute atomic E-state index is 12.1. The van der Waals surface area contributed by atoms with Crippen LogP contribution in [0.3, 0.4) is 0 Å². The Morgan fingerprint density at radius 1 is 0.704 bits per heavy atom. The molecule has 2 fully saturated rings. The van der Waals surface area contributed by atoms with E-state index >= 15 is 0 Å². The molecular weight excluding hydrogens is 879 g/mol. The maximum atomic E-state index is 12.1. The second kappa shape index (κ2) is 24.2. The molecule has 6 aromatic heterocycles. The molecule has 0 spiro atoms. The van der Waals surface area contributed by atoms with Crippen LogP contribution in [-0.4, -0.2) is 52.4 Å². The van der Waals surface area contributed by atoms with Gasteiger partial charge in [-0.3, -0.25) is 24.5 Å². The summed E-state index contributed by atoms with van der Waals surface area (Å²) in [6.07, 6.45) is 13.1. The van der Waals surface area contributed by atoms with Crippen LogP contribution in [0, 0.1) is 11.8 Å². The minimum Gasteiger partial charge on any atom is -0.459 e. The minimum absolute atomic E-state index is 0.106. The standard InChI is InChI=1S/C16H23NO.C14H16N2O.C11H15N.C10H12N2.C10H11NO/c1-4-17-15(18)11-10-14(12(2)3)16(17)13-8-6-5-7-9-13;1-9(2)11-7-8-15-12-5-6-13(17)16(14(11)12)10-3-4-10;1-9(2)12-7-10-5-3-4-6-11(10)8-12;1-8(2)9-4-6-12-10(7-9)3-5-11-12;1-7(2)9-5-8-3-4-11-6-10(8)12-9/h5-9,12,14,16H,4,10-11H2,1-3H3;5-10H,3-4H2,1-2H3;3-6,9H,7-8H2,1-2H3;3-8H,1-2H3;3-7H,1-2H3/t14-,16-;;;;/m0..../s1. The van der Waals surface area contributed by atoms with E-state index in [1.807, 2.05) is 58.0 Å². The number of rotatable bonds is 8. The number of nitrogens with zero attached hydrogens (tertiary/aromatic N) is 7. The Balaban J connectivity index is 0.000000132. The van der Waals surface area contributed by atoms with Gasteiger partial charge in [-0.05, 0) is 134 Å². The van der Waals surface area contributed by atoms with Gasteiger partial charge in [0, 0.05) is 80.3 Å². The molecule has 10 heteroatoms. The second-order valence-corrected chi connectivity index (χ2v) is 20.8. The van der Waals surface area contributed by atoms with Gasteiger partial charge in [-0.15, -0.1) is 0 Å². The zero-order chi connectivity index (χ0) is 50.8. The van der Waals surface area contributed by atoms with E-state index in [0.29, 0.717) is 54.0 Å². The van der Waals surface area contributed by atoms with Crippen molar-refractivity contribution in [2.45, 2.75) is 151 Å². The number of hydrogen-bond acceptors (Lipinski definition) is 7. The number of aromatic nitrogens is 5. The van der Waals surface area contributed by atoms with Crippen molar-refractivity contribution < 1.29 is 9.21 Å². The summed E-state index contributed by atoms with van der Waals surface area (Å²) in [4.78, 5) is 37.0. The average molecular weight is 956 g/mol. The molecule has 8 aromatic rings. The van der Waals surface area contributed by atoms with Crippen LogP contribution < -0.4 is 5.56 Å². The van der Waals surface area contributed by atoms with Crippen molar-refractivity contribution in [3.05, 3.63) is 178 Å². The third-order valence-corrected chi connectivity index (χ3v) is 14.1. The Morgan fingerprint density at radius 3 is 2.01 bits per heavy atom. The third kappa shape index (κ3) is 13.1. The highest BCUT2D eigenvalue weighted by Crippen LogP contribution is 2.41. The topological polar surface area (TPSA) is 102 Å². The van der Waals surface area contributed by atoms with Gasteiger partial charge in [-0.2, -0.15) is 5.10 Å². The lowest BCUT2D eigenvalue weighted by molar-refractivity contribution is -0.139. The number of fused-ring (bicyclic) bond motifs is 4. The van der Waals surface area contributed by atoms with Gasteiger partial charge < -0.3 is 13.9 Å². The molecule has 1 amide bonds. The number of furan rings is 1. The summed E-state index contributed by atoms with van der Waals surface area (Å²) in [5.41, 5.74) is 11.0. The fourth-order valence-corrected chi connectivity index (χ4v) is 9.71. The van der Waals surface area contributed by atoms with Crippen molar-refractivity contribution in [1.82, 2.24) is 33.9 Å². The van der Waals surface area contributed by atoms with E-state index in [0.717, 1.165) is 66.7 Å². The highest BCUT2D eigenvalue weighted by Gasteiger charge is 2.37. The van der Waals surface area contributed by atoms with Gasteiger partial charge in [-0.1, -0.05) is 110 Å². The lowest BCUT2D eigenvalue weighted by Crippen LogP contribution is -2.44. The highest BCUT2D eigenvalue weighted by atomic mass is 16.3. The van der Waals surface area contributed by atoms with Crippen LogP contribution in [0.2, 0.25) is 0 Å². The summed E-state index contributed by atoms with van der Waals surface area (Å²) in [6, 6.07) is 36.4. The second-order valence-electron chi connectivity index (χ2n) is 20.8. The van der Waals surface area contributed by atoms with Crippen LogP contribution >= 0.6 is 0 Å². The van der Waals surface area contributed by atoms with E-state index in [4.69, 9.17) is 4.42 Å². The summed E-state index contributed by atoms with van der Waals surface area (Å²) in [7, 11) is 0. The molecular formula is C61H77N7O3. The lowest BCUT2D eigenvalue weighted by atomic mass is 9.78. The summed E-state index contributed by atoms with van der Waals surface area (Å²) in [6.45, 7) is 27.1. The first kappa shape index (κ1) is 52.4. The lowest BCUT2D eigenvalue weighted by Gasteiger charge is -2.43. The normalized spacial score (nSPS) is 16.7. The first-order chi connectivity index (χ1) is 34.1. The Morgan fingerprint density at radius 2 is 1.41 bits per heavy atom. The van der Waals surface area contributed by atoms with Crippen LogP contribution in [0.4, 0.5) is 0 Å². The first-order valence-electron chi connectivity index (χ1n) is 26.1. The third-order valence-electron chi connectivity index (χ3n) is 14.1. The highest BCUT2D eigenvalue weighted by molar-refractivity contribution is 5.79. The molecule has 374 valence electrons. The predicted octanol–water partition coefficient (Wildman–Crippen LogP) is 14.3. The van der Waals surface area contributed by atoms with Gasteiger partial charge in [0.2, 0.25) is 5.91 Å². The van der Waals surface area contributed by atoms with Crippen molar-refractivity contribution in [3.63, 3.8) is 0 Å². The van der Waals surface area contributed by atoms with E-state index in [1.165, 1.54) is 33.3 Å². The number of hydrogen-bond donors (Lipinski definition) is 0. The molecule has 11 rings (SSSR count). The van der Waals surface area contributed by atoms with Gasteiger partial charge in [0.25, 0.3) is 5.56 Å². The van der Waals surface area contributed by atoms with Gasteiger partial charge in [0.15, 0.2) is 5.58 Å². The van der Waals surface area contributed by atoms with Crippen molar-refractivity contribution in [1.29, 1.82) is 0 Å². The van der Waals surface area contributed by atoms with E-state index in [-0.39, 0.29) is 11.6 Å². The molecule has 2 aliphatic heterocycles. The molecule has 0 bridgehead atoms. The Hall–Kier alpha value is -6.39. The van der Waals surface area contributed by atoms with Gasteiger partial charge in [0.1, 0.15) is 5.76 Å². The molecule has 1 saturated carbocycles. The van der Waals surface area contributed by atoms with Crippen molar-refractivity contribution in [2.24, 2.45) is 11.8 Å². The number of amides is 1. The monoisotopic (exact) mass is 956 g/mol. The fourth-order valence-electron chi connectivity index (χ4n) is 9.71. The zero-order valence-corrected chi connectivity index (χ0v) is 44.1. The Kier molecular flexibility index (Phi) is 17.8. The molecule has 1 saturated heterocycles. The molecule has 71 heavy (non-hydrogen) atoms.